The zero-order valence-corrected chi connectivity index (χ0v) is 8.65. The van der Waals surface area contributed by atoms with E-state index in [9.17, 15) is 9.90 Å². The fraction of sp³-hybridized carbons (Fsp3) is 0.154. The maximum atomic E-state index is 11.2. The molecule has 16 heavy (non-hydrogen) atoms. The van der Waals surface area contributed by atoms with Gasteiger partial charge in [0.05, 0.1) is 12.7 Å². The van der Waals surface area contributed by atoms with Gasteiger partial charge in [-0.2, -0.15) is 0 Å². The largest absolute Gasteiger partial charge is 0.497 e. The van der Waals surface area contributed by atoms with Gasteiger partial charge in [-0.1, -0.05) is 18.2 Å². The smallest absolute Gasteiger partial charge is 0.336 e. The maximum Gasteiger partial charge on any atom is 0.336 e. The molecule has 0 aliphatic carbocycles. The topological polar surface area (TPSA) is 46.5 Å². The van der Waals surface area contributed by atoms with Crippen LogP contribution in [0.3, 0.4) is 0 Å². The van der Waals surface area contributed by atoms with Crippen LogP contribution in [0.2, 0.25) is 0 Å². The van der Waals surface area contributed by atoms with Gasteiger partial charge in [0.25, 0.3) is 0 Å². The molecular formula is C13H12O3. The predicted octanol–water partition coefficient (Wildman–Crippen LogP) is 2.86. The molecule has 82 valence electrons. The summed E-state index contributed by atoms with van der Waals surface area (Å²) in [7, 11) is 1.41. The number of carboxylic acids is 1. The molecule has 0 heterocycles. The quantitative estimate of drug-likeness (QED) is 0.844. The van der Waals surface area contributed by atoms with Crippen molar-refractivity contribution >= 4 is 16.7 Å². The second kappa shape index (κ2) is 3.85. The van der Waals surface area contributed by atoms with Crippen LogP contribution >= 0.6 is 0 Å². The summed E-state index contributed by atoms with van der Waals surface area (Å²) in [6.45, 7) is -2.30. The van der Waals surface area contributed by atoms with Gasteiger partial charge in [-0.15, -0.1) is 0 Å². The number of methoxy groups -OCH3 is 1. The average Bonchev–Trinajstić information content (AvgIpc) is 2.35. The predicted molar refractivity (Wildman–Crippen MR) is 62.2 cm³/mol. The lowest BCUT2D eigenvalue weighted by molar-refractivity contribution is 0.0698. The van der Waals surface area contributed by atoms with E-state index in [0.717, 1.165) is 0 Å². The van der Waals surface area contributed by atoms with E-state index in [0.29, 0.717) is 16.5 Å². The standard InChI is InChI=1S/C13H12O3/c1-8-4-3-5-10-11(8)6-9(16-2)7-12(10)13(14)15/h3-7H,1-2H3,(H,14,15)/i1D3. The molecule has 1 N–H and O–H groups in total. The molecule has 0 atom stereocenters. The zero-order chi connectivity index (χ0) is 14.2. The molecule has 2 rings (SSSR count). The summed E-state index contributed by atoms with van der Waals surface area (Å²) in [5.41, 5.74) is 0.145. The number of fused-ring (bicyclic) bond motifs is 1. The molecule has 0 saturated heterocycles. The molecule has 0 fully saturated rings. The van der Waals surface area contributed by atoms with Crippen LogP contribution in [-0.2, 0) is 0 Å². The number of ether oxygens (including phenoxy) is 1. The lowest BCUT2D eigenvalue weighted by atomic mass is 10.0. The van der Waals surface area contributed by atoms with Gasteiger partial charge in [-0.25, -0.2) is 4.79 Å². The van der Waals surface area contributed by atoms with Gasteiger partial charge in [0.2, 0.25) is 0 Å². The lowest BCUT2D eigenvalue weighted by Gasteiger charge is -2.08. The first-order chi connectivity index (χ1) is 8.84. The van der Waals surface area contributed by atoms with Crippen LogP contribution in [-0.4, -0.2) is 18.2 Å². The van der Waals surface area contributed by atoms with Crippen LogP contribution in [0.25, 0.3) is 10.8 Å². The molecule has 0 aliphatic heterocycles. The number of aromatic carboxylic acids is 1. The Labute approximate surface area is 97.5 Å². The van der Waals surface area contributed by atoms with Crippen molar-refractivity contribution in [1.29, 1.82) is 0 Å². The highest BCUT2D eigenvalue weighted by Gasteiger charge is 2.11. The first-order valence-corrected chi connectivity index (χ1v) is 4.69. The van der Waals surface area contributed by atoms with Gasteiger partial charge in [-0.05, 0) is 35.3 Å². The van der Waals surface area contributed by atoms with E-state index in [1.165, 1.54) is 19.2 Å². The summed E-state index contributed by atoms with van der Waals surface area (Å²) in [6, 6.07) is 7.54. The Kier molecular flexibility index (Phi) is 1.75. The third kappa shape index (κ3) is 1.60. The molecule has 0 radical (unpaired) electrons. The van der Waals surface area contributed by atoms with Crippen molar-refractivity contribution < 1.29 is 18.8 Å². The normalized spacial score (nSPS) is 13.9. The molecule has 0 saturated carbocycles. The Morgan fingerprint density at radius 3 is 2.81 bits per heavy atom. The minimum absolute atomic E-state index is 0.0282. The van der Waals surface area contributed by atoms with Crippen molar-refractivity contribution in [3.05, 3.63) is 41.5 Å². The summed E-state index contributed by atoms with van der Waals surface area (Å²) in [5, 5.41) is 9.97. The van der Waals surface area contributed by atoms with Gasteiger partial charge in [0, 0.05) is 4.11 Å². The summed E-state index contributed by atoms with van der Waals surface area (Å²) in [4.78, 5) is 11.2. The molecule has 3 nitrogen and oxygen atoms in total. The van der Waals surface area contributed by atoms with Gasteiger partial charge in [-0.3, -0.25) is 0 Å². The van der Waals surface area contributed by atoms with E-state index in [2.05, 4.69) is 0 Å². The van der Waals surface area contributed by atoms with E-state index < -0.39 is 12.8 Å². The molecule has 2 aromatic rings. The van der Waals surface area contributed by atoms with E-state index in [4.69, 9.17) is 8.85 Å². The molecule has 0 amide bonds. The minimum atomic E-state index is -2.30. The first kappa shape index (κ1) is 7.28. The highest BCUT2D eigenvalue weighted by atomic mass is 16.5. The average molecular weight is 219 g/mol. The van der Waals surface area contributed by atoms with Gasteiger partial charge in [0.15, 0.2) is 0 Å². The number of carbonyl (C=O) groups is 1. The maximum absolute atomic E-state index is 11.2. The SMILES string of the molecule is [2H]C([2H])([2H])c1cccc2c(C(=O)O)cc(OC)cc12. The van der Waals surface area contributed by atoms with Crippen LogP contribution in [0, 0.1) is 6.85 Å². The second-order valence-electron chi connectivity index (χ2n) is 3.38. The number of hydrogen-bond acceptors (Lipinski definition) is 2. The van der Waals surface area contributed by atoms with E-state index in [1.807, 2.05) is 0 Å². The van der Waals surface area contributed by atoms with Gasteiger partial charge < -0.3 is 9.84 Å². The van der Waals surface area contributed by atoms with E-state index in [-0.39, 0.29) is 11.1 Å². The fourth-order valence-electron chi connectivity index (χ4n) is 1.65. The van der Waals surface area contributed by atoms with Crippen LogP contribution in [0.5, 0.6) is 5.75 Å². The summed E-state index contributed by atoms with van der Waals surface area (Å²) in [6.07, 6.45) is 0. The monoisotopic (exact) mass is 219 g/mol. The third-order valence-electron chi connectivity index (χ3n) is 2.44. The summed E-state index contributed by atoms with van der Waals surface area (Å²) >= 11 is 0. The minimum Gasteiger partial charge on any atom is -0.497 e. The molecule has 0 spiro atoms. The molecule has 0 unspecified atom stereocenters. The molecule has 0 aromatic heterocycles. The number of aryl methyl sites for hydroxylation is 1. The van der Waals surface area contributed by atoms with Crippen molar-refractivity contribution in [2.45, 2.75) is 6.85 Å². The number of rotatable bonds is 2. The number of hydrogen-bond donors (Lipinski definition) is 1. The van der Waals surface area contributed by atoms with Crippen molar-refractivity contribution in [2.24, 2.45) is 0 Å². The van der Waals surface area contributed by atoms with Crippen molar-refractivity contribution in [3.63, 3.8) is 0 Å². The van der Waals surface area contributed by atoms with Crippen molar-refractivity contribution in [2.75, 3.05) is 7.11 Å². The molecule has 0 bridgehead atoms. The third-order valence-corrected chi connectivity index (χ3v) is 2.44. The number of benzene rings is 2. The highest BCUT2D eigenvalue weighted by Crippen LogP contribution is 2.27. The van der Waals surface area contributed by atoms with Crippen LogP contribution in [0.1, 0.15) is 20.0 Å². The zero-order valence-electron chi connectivity index (χ0n) is 11.7. The Balaban J connectivity index is 2.89. The Morgan fingerprint density at radius 2 is 2.19 bits per heavy atom. The van der Waals surface area contributed by atoms with E-state index in [1.54, 1.807) is 18.2 Å². The van der Waals surface area contributed by atoms with Crippen LogP contribution < -0.4 is 4.74 Å². The molecule has 2 aromatic carbocycles. The van der Waals surface area contributed by atoms with Gasteiger partial charge >= 0.3 is 5.97 Å². The Hall–Kier alpha value is -2.03. The van der Waals surface area contributed by atoms with Crippen molar-refractivity contribution in [3.8, 4) is 5.75 Å². The number of carboxylic acid groups (broad SMARTS) is 1. The van der Waals surface area contributed by atoms with E-state index >= 15 is 0 Å². The lowest BCUT2D eigenvalue weighted by Crippen LogP contribution is -1.99. The first-order valence-electron chi connectivity index (χ1n) is 6.19. The molecule has 3 heteroatoms. The Bertz CT molecular complexity index is 647. The van der Waals surface area contributed by atoms with Gasteiger partial charge in [0.1, 0.15) is 5.75 Å². The molecule has 0 aliphatic rings. The summed E-state index contributed by atoms with van der Waals surface area (Å²) in [5.74, 6) is -0.798. The highest BCUT2D eigenvalue weighted by molar-refractivity contribution is 6.05. The Morgan fingerprint density at radius 1 is 1.38 bits per heavy atom. The van der Waals surface area contributed by atoms with Crippen LogP contribution in [0.4, 0.5) is 0 Å². The van der Waals surface area contributed by atoms with Crippen LogP contribution in [0.15, 0.2) is 30.3 Å². The fourth-order valence-corrected chi connectivity index (χ4v) is 1.65. The molecular weight excluding hydrogens is 204 g/mol. The second-order valence-corrected chi connectivity index (χ2v) is 3.38. The van der Waals surface area contributed by atoms with Crippen molar-refractivity contribution in [1.82, 2.24) is 0 Å². The summed E-state index contributed by atoms with van der Waals surface area (Å²) < 4.78 is 27.6.